The van der Waals surface area contributed by atoms with E-state index in [2.05, 4.69) is 12.2 Å². The number of nitrogens with one attached hydrogen (secondary N) is 1. The maximum absolute atomic E-state index is 11.0. The largest absolute Gasteiger partial charge is 0.393 e. The number of hydrogen-bond donors (Lipinski definition) is 2. The third-order valence-electron chi connectivity index (χ3n) is 4.25. The average Bonchev–Trinajstić information content (AvgIpc) is 2.48. The average molecular weight is 292 g/mol. The molecule has 1 aliphatic rings. The molecule has 1 aromatic carbocycles. The lowest BCUT2D eigenvalue weighted by atomic mass is 9.92. The van der Waals surface area contributed by atoms with Crippen LogP contribution in [0.15, 0.2) is 24.3 Å². The van der Waals surface area contributed by atoms with Gasteiger partial charge < -0.3 is 10.4 Å². The van der Waals surface area contributed by atoms with Crippen LogP contribution in [0.25, 0.3) is 0 Å². The Kier molecular flexibility index (Phi) is 5.70. The van der Waals surface area contributed by atoms with Crippen molar-refractivity contribution < 1.29 is 10.0 Å². The molecule has 0 radical (unpaired) electrons. The van der Waals surface area contributed by atoms with Gasteiger partial charge in [-0.3, -0.25) is 10.1 Å². The quantitative estimate of drug-likeness (QED) is 0.624. The predicted molar refractivity (Wildman–Crippen MR) is 82.3 cm³/mol. The van der Waals surface area contributed by atoms with E-state index >= 15 is 0 Å². The van der Waals surface area contributed by atoms with Gasteiger partial charge in [-0.25, -0.2) is 0 Å². The lowest BCUT2D eigenvalue weighted by molar-refractivity contribution is -0.385. The number of aryl methyl sites for hydroxylation is 1. The van der Waals surface area contributed by atoms with Crippen LogP contribution in [0.1, 0.15) is 44.6 Å². The van der Waals surface area contributed by atoms with Crippen molar-refractivity contribution in [2.24, 2.45) is 0 Å². The minimum atomic E-state index is -0.310. The Hall–Kier alpha value is -1.46. The third kappa shape index (κ3) is 4.79. The molecule has 0 aromatic heterocycles. The van der Waals surface area contributed by atoms with Crippen molar-refractivity contribution >= 4 is 5.69 Å². The molecular formula is C16H24N2O3. The molecule has 2 N–H and O–H groups in total. The zero-order valence-corrected chi connectivity index (χ0v) is 12.5. The number of nitro benzene ring substituents is 1. The summed E-state index contributed by atoms with van der Waals surface area (Å²) in [5.74, 6) is 0. The van der Waals surface area contributed by atoms with E-state index in [1.54, 1.807) is 12.1 Å². The van der Waals surface area contributed by atoms with Gasteiger partial charge in [-0.15, -0.1) is 0 Å². The first-order valence-electron chi connectivity index (χ1n) is 7.72. The van der Waals surface area contributed by atoms with Crippen LogP contribution in [0.3, 0.4) is 0 Å². The normalized spacial score (nSPS) is 23.7. The molecule has 116 valence electrons. The van der Waals surface area contributed by atoms with Gasteiger partial charge in [-0.1, -0.05) is 18.2 Å². The van der Waals surface area contributed by atoms with E-state index in [-0.39, 0.29) is 16.7 Å². The molecule has 0 saturated heterocycles. The van der Waals surface area contributed by atoms with E-state index in [0.717, 1.165) is 37.7 Å². The first-order valence-corrected chi connectivity index (χ1v) is 7.72. The van der Waals surface area contributed by atoms with Gasteiger partial charge in [0.1, 0.15) is 0 Å². The number of hydrogen-bond acceptors (Lipinski definition) is 4. The Bertz CT molecular complexity index is 470. The summed E-state index contributed by atoms with van der Waals surface area (Å²) < 4.78 is 0. The fourth-order valence-corrected chi connectivity index (χ4v) is 3.00. The highest BCUT2D eigenvalue weighted by molar-refractivity contribution is 5.39. The molecule has 1 atom stereocenters. The van der Waals surface area contributed by atoms with Gasteiger partial charge >= 0.3 is 0 Å². The minimum Gasteiger partial charge on any atom is -0.393 e. The fraction of sp³-hybridized carbons (Fsp3) is 0.625. The number of para-hydroxylation sites is 1. The van der Waals surface area contributed by atoms with E-state index in [1.807, 2.05) is 12.1 Å². The molecule has 0 amide bonds. The Morgan fingerprint density at radius 2 is 2.00 bits per heavy atom. The number of aliphatic hydroxyl groups is 1. The van der Waals surface area contributed by atoms with Crippen LogP contribution in [0.4, 0.5) is 5.69 Å². The molecule has 5 nitrogen and oxygen atoms in total. The zero-order valence-electron chi connectivity index (χ0n) is 12.5. The van der Waals surface area contributed by atoms with E-state index in [0.29, 0.717) is 18.5 Å². The Balaban J connectivity index is 1.81. The standard InChI is InChI=1S/C16H24N2O3/c1-12(17-14-8-10-15(19)11-9-14)6-7-13-4-2-3-5-16(13)18(20)21/h2-5,12,14-15,17,19H,6-11H2,1H3. The monoisotopic (exact) mass is 292 g/mol. The topological polar surface area (TPSA) is 75.4 Å². The number of nitrogens with zero attached hydrogens (tertiary/aromatic N) is 1. The molecule has 1 saturated carbocycles. The first-order chi connectivity index (χ1) is 10.1. The third-order valence-corrected chi connectivity index (χ3v) is 4.25. The second-order valence-electron chi connectivity index (χ2n) is 6.00. The van der Waals surface area contributed by atoms with Crippen LogP contribution in [0.2, 0.25) is 0 Å². The van der Waals surface area contributed by atoms with Crippen molar-refractivity contribution in [3.05, 3.63) is 39.9 Å². The number of aliphatic hydroxyl groups excluding tert-OH is 1. The van der Waals surface area contributed by atoms with Crippen molar-refractivity contribution in [2.75, 3.05) is 0 Å². The lowest BCUT2D eigenvalue weighted by Crippen LogP contribution is -2.40. The molecule has 0 heterocycles. The molecule has 0 spiro atoms. The molecular weight excluding hydrogens is 268 g/mol. The predicted octanol–water partition coefficient (Wildman–Crippen LogP) is 2.81. The van der Waals surface area contributed by atoms with E-state index in [9.17, 15) is 15.2 Å². The van der Waals surface area contributed by atoms with Crippen molar-refractivity contribution in [1.82, 2.24) is 5.32 Å². The number of rotatable bonds is 6. The highest BCUT2D eigenvalue weighted by Gasteiger charge is 2.21. The van der Waals surface area contributed by atoms with Crippen molar-refractivity contribution in [2.45, 2.75) is 63.6 Å². The molecule has 1 fully saturated rings. The summed E-state index contributed by atoms with van der Waals surface area (Å²) in [6, 6.07) is 7.75. The van der Waals surface area contributed by atoms with Crippen LogP contribution in [0.5, 0.6) is 0 Å². The highest BCUT2D eigenvalue weighted by atomic mass is 16.6. The lowest BCUT2D eigenvalue weighted by Gasteiger charge is -2.29. The van der Waals surface area contributed by atoms with E-state index in [4.69, 9.17) is 0 Å². The van der Waals surface area contributed by atoms with Gasteiger partial charge in [0.25, 0.3) is 5.69 Å². The molecule has 5 heteroatoms. The molecule has 0 bridgehead atoms. The maximum atomic E-state index is 11.0. The van der Waals surface area contributed by atoms with Crippen LogP contribution in [0, 0.1) is 10.1 Å². The summed E-state index contributed by atoms with van der Waals surface area (Å²) in [5, 5.41) is 24.1. The summed E-state index contributed by atoms with van der Waals surface area (Å²) in [7, 11) is 0. The summed E-state index contributed by atoms with van der Waals surface area (Å²) in [4.78, 5) is 10.7. The van der Waals surface area contributed by atoms with E-state index in [1.165, 1.54) is 0 Å². The van der Waals surface area contributed by atoms with Crippen LogP contribution < -0.4 is 5.32 Å². The van der Waals surface area contributed by atoms with Gasteiger partial charge in [-0.05, 0) is 45.4 Å². The fourth-order valence-electron chi connectivity index (χ4n) is 3.00. The van der Waals surface area contributed by atoms with Gasteiger partial charge in [0, 0.05) is 23.7 Å². The second kappa shape index (κ2) is 7.52. The Morgan fingerprint density at radius 1 is 1.33 bits per heavy atom. The van der Waals surface area contributed by atoms with E-state index < -0.39 is 0 Å². The zero-order chi connectivity index (χ0) is 15.2. The SMILES string of the molecule is CC(CCc1ccccc1[N+](=O)[O-])NC1CCC(O)CC1. The first kappa shape index (κ1) is 15.9. The Labute approximate surface area is 125 Å². The van der Waals surface area contributed by atoms with Gasteiger partial charge in [-0.2, -0.15) is 0 Å². The van der Waals surface area contributed by atoms with Gasteiger partial charge in [0.15, 0.2) is 0 Å². The maximum Gasteiger partial charge on any atom is 0.272 e. The van der Waals surface area contributed by atoms with Crippen LogP contribution in [-0.4, -0.2) is 28.2 Å². The molecule has 1 aromatic rings. The smallest absolute Gasteiger partial charge is 0.272 e. The summed E-state index contributed by atoms with van der Waals surface area (Å²) >= 11 is 0. The van der Waals surface area contributed by atoms with Gasteiger partial charge in [0.05, 0.1) is 11.0 Å². The molecule has 2 rings (SSSR count). The molecule has 21 heavy (non-hydrogen) atoms. The van der Waals surface area contributed by atoms with Crippen molar-refractivity contribution in [1.29, 1.82) is 0 Å². The van der Waals surface area contributed by atoms with Crippen molar-refractivity contribution in [3.8, 4) is 0 Å². The highest BCUT2D eigenvalue weighted by Crippen LogP contribution is 2.21. The molecule has 1 aliphatic carbocycles. The van der Waals surface area contributed by atoms with Gasteiger partial charge in [0.2, 0.25) is 0 Å². The van der Waals surface area contributed by atoms with Crippen LogP contribution >= 0.6 is 0 Å². The second-order valence-corrected chi connectivity index (χ2v) is 6.00. The van der Waals surface area contributed by atoms with Crippen molar-refractivity contribution in [3.63, 3.8) is 0 Å². The number of benzene rings is 1. The summed E-state index contributed by atoms with van der Waals surface area (Å²) in [6.07, 6.45) is 5.21. The molecule has 1 unspecified atom stereocenters. The Morgan fingerprint density at radius 3 is 2.67 bits per heavy atom. The van der Waals surface area contributed by atoms with Crippen LogP contribution in [-0.2, 0) is 6.42 Å². The summed E-state index contributed by atoms with van der Waals surface area (Å²) in [5.41, 5.74) is 1.01. The number of nitro groups is 1. The molecule has 0 aliphatic heterocycles. The minimum absolute atomic E-state index is 0.134. The summed E-state index contributed by atoms with van der Waals surface area (Å²) in [6.45, 7) is 2.12.